The number of rotatable bonds is 6. The number of esters is 1. The van der Waals surface area contributed by atoms with Crippen LogP contribution in [0.4, 0.5) is 0 Å². The van der Waals surface area contributed by atoms with E-state index in [0.29, 0.717) is 24.9 Å². The van der Waals surface area contributed by atoms with Crippen molar-refractivity contribution < 1.29 is 9.53 Å². The van der Waals surface area contributed by atoms with Gasteiger partial charge < -0.3 is 4.74 Å². The van der Waals surface area contributed by atoms with Gasteiger partial charge in [0.1, 0.15) is 0 Å². The summed E-state index contributed by atoms with van der Waals surface area (Å²) in [7, 11) is 0. The fourth-order valence-electron chi connectivity index (χ4n) is 2.60. The van der Waals surface area contributed by atoms with Gasteiger partial charge in [0.25, 0.3) is 0 Å². The van der Waals surface area contributed by atoms with Gasteiger partial charge >= 0.3 is 5.97 Å². The summed E-state index contributed by atoms with van der Waals surface area (Å²) in [6.07, 6.45) is 8.27. The van der Waals surface area contributed by atoms with Crippen molar-refractivity contribution in [2.75, 3.05) is 6.61 Å². The first kappa shape index (κ1) is 14.5. The fraction of sp³-hybridized carbons (Fsp3) is 0.933. The third kappa shape index (κ3) is 6.09. The van der Waals surface area contributed by atoms with Crippen molar-refractivity contribution in [3.8, 4) is 0 Å². The van der Waals surface area contributed by atoms with Crippen LogP contribution in [0.5, 0.6) is 0 Å². The largest absolute Gasteiger partial charge is 0.466 e. The van der Waals surface area contributed by atoms with Crippen LogP contribution < -0.4 is 0 Å². The fourth-order valence-corrected chi connectivity index (χ4v) is 2.60. The Hall–Kier alpha value is -0.530. The molecule has 0 aromatic carbocycles. The smallest absolute Gasteiger partial charge is 0.306 e. The summed E-state index contributed by atoms with van der Waals surface area (Å²) in [5.41, 5.74) is 0. The van der Waals surface area contributed by atoms with Crippen molar-refractivity contribution in [3.05, 3.63) is 0 Å². The van der Waals surface area contributed by atoms with E-state index in [1.165, 1.54) is 32.1 Å². The highest BCUT2D eigenvalue weighted by molar-refractivity contribution is 5.69. The Balaban J connectivity index is 2.15. The maximum absolute atomic E-state index is 11.7. The molecule has 0 aromatic heterocycles. The molecule has 0 N–H and O–H groups in total. The molecule has 1 fully saturated rings. The normalized spacial score (nSPS) is 19.3. The molecule has 100 valence electrons. The van der Waals surface area contributed by atoms with Gasteiger partial charge in [0.05, 0.1) is 6.61 Å². The quantitative estimate of drug-likeness (QED) is 0.651. The minimum Gasteiger partial charge on any atom is -0.466 e. The zero-order chi connectivity index (χ0) is 12.7. The van der Waals surface area contributed by atoms with Gasteiger partial charge in [-0.2, -0.15) is 0 Å². The van der Waals surface area contributed by atoms with Crippen LogP contribution >= 0.6 is 0 Å². The summed E-state index contributed by atoms with van der Waals surface area (Å²) < 4.78 is 5.28. The molecule has 1 rings (SSSR count). The minimum absolute atomic E-state index is 0.00345. The lowest BCUT2D eigenvalue weighted by Gasteiger charge is -2.27. The highest BCUT2D eigenvalue weighted by atomic mass is 16.5. The molecule has 0 aliphatic heterocycles. The van der Waals surface area contributed by atoms with E-state index in [1.807, 2.05) is 0 Å². The van der Waals surface area contributed by atoms with Gasteiger partial charge in [0.15, 0.2) is 0 Å². The van der Waals surface area contributed by atoms with E-state index in [4.69, 9.17) is 4.74 Å². The van der Waals surface area contributed by atoms with Crippen LogP contribution in [0.1, 0.15) is 65.7 Å². The summed E-state index contributed by atoms with van der Waals surface area (Å²) >= 11 is 0. The highest BCUT2D eigenvalue weighted by Gasteiger charge is 2.22. The van der Waals surface area contributed by atoms with Gasteiger partial charge in [0, 0.05) is 6.42 Å². The molecule has 1 saturated carbocycles. The van der Waals surface area contributed by atoms with Gasteiger partial charge in [-0.3, -0.25) is 4.79 Å². The van der Waals surface area contributed by atoms with Crippen LogP contribution in [0.25, 0.3) is 0 Å². The molecule has 1 aliphatic carbocycles. The van der Waals surface area contributed by atoms with Crippen molar-refractivity contribution >= 4 is 5.97 Å². The number of hydrogen-bond acceptors (Lipinski definition) is 2. The Morgan fingerprint density at radius 3 is 2.41 bits per heavy atom. The summed E-state index contributed by atoms with van der Waals surface area (Å²) in [4.78, 5) is 11.7. The van der Waals surface area contributed by atoms with Gasteiger partial charge in [-0.15, -0.1) is 0 Å². The standard InChI is InChI=1S/C15H28O2/c1-12(2)9-10-17-15(16)11-13(3)14-7-5-4-6-8-14/h12-14H,4-11H2,1-3H3. The third-order valence-corrected chi connectivity index (χ3v) is 3.90. The number of ether oxygens (including phenoxy) is 1. The van der Waals surface area contributed by atoms with Gasteiger partial charge in [-0.05, 0) is 24.2 Å². The topological polar surface area (TPSA) is 26.3 Å². The lowest BCUT2D eigenvalue weighted by molar-refractivity contribution is -0.145. The van der Waals surface area contributed by atoms with E-state index in [-0.39, 0.29) is 5.97 Å². The van der Waals surface area contributed by atoms with Gasteiger partial charge in [-0.25, -0.2) is 0 Å². The molecule has 2 nitrogen and oxygen atoms in total. The molecule has 1 atom stereocenters. The van der Waals surface area contributed by atoms with Gasteiger partial charge in [-0.1, -0.05) is 52.9 Å². The molecule has 2 heteroatoms. The molecule has 0 amide bonds. The zero-order valence-corrected chi connectivity index (χ0v) is 11.7. The SMILES string of the molecule is CC(C)CCOC(=O)CC(C)C1CCCCC1. The van der Waals surface area contributed by atoms with E-state index < -0.39 is 0 Å². The lowest BCUT2D eigenvalue weighted by Crippen LogP contribution is -2.20. The summed E-state index contributed by atoms with van der Waals surface area (Å²) in [5.74, 6) is 1.87. The molecular formula is C15H28O2. The molecule has 0 bridgehead atoms. The van der Waals surface area contributed by atoms with E-state index in [2.05, 4.69) is 20.8 Å². The predicted octanol–water partition coefficient (Wildman–Crippen LogP) is 4.18. The van der Waals surface area contributed by atoms with E-state index in [0.717, 1.165) is 12.3 Å². The Labute approximate surface area is 106 Å². The van der Waals surface area contributed by atoms with Crippen LogP contribution in [-0.2, 0) is 9.53 Å². The highest BCUT2D eigenvalue weighted by Crippen LogP contribution is 2.31. The Kier molecular flexibility index (Phi) is 6.61. The Morgan fingerprint density at radius 1 is 1.18 bits per heavy atom. The van der Waals surface area contributed by atoms with Crippen LogP contribution in [-0.4, -0.2) is 12.6 Å². The zero-order valence-electron chi connectivity index (χ0n) is 11.7. The van der Waals surface area contributed by atoms with E-state index in [1.54, 1.807) is 0 Å². The van der Waals surface area contributed by atoms with Crippen molar-refractivity contribution in [1.29, 1.82) is 0 Å². The molecule has 1 aliphatic rings. The minimum atomic E-state index is 0.00345. The summed E-state index contributed by atoms with van der Waals surface area (Å²) in [6.45, 7) is 7.10. The Morgan fingerprint density at radius 2 is 1.82 bits per heavy atom. The second kappa shape index (κ2) is 7.73. The molecule has 0 spiro atoms. The van der Waals surface area contributed by atoms with E-state index >= 15 is 0 Å². The average molecular weight is 240 g/mol. The summed E-state index contributed by atoms with van der Waals surface area (Å²) in [6, 6.07) is 0. The van der Waals surface area contributed by atoms with Crippen molar-refractivity contribution in [2.24, 2.45) is 17.8 Å². The van der Waals surface area contributed by atoms with Gasteiger partial charge in [0.2, 0.25) is 0 Å². The molecule has 0 heterocycles. The number of hydrogen-bond donors (Lipinski definition) is 0. The monoisotopic (exact) mass is 240 g/mol. The number of carbonyl (C=O) groups excluding carboxylic acids is 1. The van der Waals surface area contributed by atoms with Crippen molar-refractivity contribution in [2.45, 2.75) is 65.7 Å². The molecule has 1 unspecified atom stereocenters. The van der Waals surface area contributed by atoms with Crippen LogP contribution in [0.3, 0.4) is 0 Å². The van der Waals surface area contributed by atoms with Crippen LogP contribution in [0, 0.1) is 17.8 Å². The predicted molar refractivity (Wildman–Crippen MR) is 70.8 cm³/mol. The molecule has 17 heavy (non-hydrogen) atoms. The maximum Gasteiger partial charge on any atom is 0.306 e. The second-order valence-corrected chi connectivity index (χ2v) is 5.98. The molecular weight excluding hydrogens is 212 g/mol. The number of carbonyl (C=O) groups is 1. The van der Waals surface area contributed by atoms with E-state index in [9.17, 15) is 4.79 Å². The maximum atomic E-state index is 11.7. The first-order valence-electron chi connectivity index (χ1n) is 7.25. The summed E-state index contributed by atoms with van der Waals surface area (Å²) in [5, 5.41) is 0. The second-order valence-electron chi connectivity index (χ2n) is 5.98. The van der Waals surface area contributed by atoms with Crippen LogP contribution in [0.15, 0.2) is 0 Å². The Bertz CT molecular complexity index is 217. The average Bonchev–Trinajstić information content (AvgIpc) is 2.29. The first-order valence-corrected chi connectivity index (χ1v) is 7.25. The molecule has 0 saturated heterocycles. The van der Waals surface area contributed by atoms with Crippen molar-refractivity contribution in [3.63, 3.8) is 0 Å². The first-order chi connectivity index (χ1) is 8.09. The third-order valence-electron chi connectivity index (χ3n) is 3.90. The van der Waals surface area contributed by atoms with Crippen LogP contribution in [0.2, 0.25) is 0 Å². The molecule has 0 radical (unpaired) electrons. The van der Waals surface area contributed by atoms with Crippen molar-refractivity contribution in [1.82, 2.24) is 0 Å². The lowest BCUT2D eigenvalue weighted by atomic mass is 9.79. The molecule has 0 aromatic rings.